The Morgan fingerprint density at radius 3 is 2.00 bits per heavy atom. The zero-order chi connectivity index (χ0) is 5.11. The van der Waals surface area contributed by atoms with Gasteiger partial charge < -0.3 is 21.9 Å². The van der Waals surface area contributed by atoms with Crippen molar-refractivity contribution in [2.24, 2.45) is 0 Å². The maximum atomic E-state index is 10.2. The van der Waals surface area contributed by atoms with Crippen LogP contribution in [0.2, 0.25) is 0 Å². The number of halogens is 1. The predicted molar refractivity (Wildman–Crippen MR) is 43.1 cm³/mol. The highest BCUT2D eigenvalue weighted by Crippen LogP contribution is 1.83. The summed E-state index contributed by atoms with van der Waals surface area (Å²) in [6, 6.07) is 0. The molecular formula is C4H13ClN2O4. The first kappa shape index (κ1) is 22.5. The van der Waals surface area contributed by atoms with E-state index >= 15 is 0 Å². The first-order valence-electron chi connectivity index (χ1n) is 2.09. The molecule has 7 heteroatoms. The van der Waals surface area contributed by atoms with Crippen molar-refractivity contribution in [2.75, 3.05) is 0 Å². The number of hydrazine groups is 1. The normalized spacial score (nSPS) is 11.5. The lowest BCUT2D eigenvalue weighted by molar-refractivity contribution is -0.121. The minimum Gasteiger partial charge on any atom is -0.412 e. The standard InChI is InChI=1S/C4H6N2O.ClH.3H2O/c7-4-2-1-3-5-6-4;;;;/h1,3,5H,2H2,(H,6,7);1H;3*1H2. The lowest BCUT2D eigenvalue weighted by Crippen LogP contribution is -2.35. The average molecular weight is 189 g/mol. The molecule has 70 valence electrons. The fourth-order valence-corrected chi connectivity index (χ4v) is 0.398. The number of nitrogens with one attached hydrogen (secondary N) is 2. The lowest BCUT2D eigenvalue weighted by atomic mass is 10.4. The molecule has 0 aliphatic carbocycles. The Morgan fingerprint density at radius 2 is 1.82 bits per heavy atom. The smallest absolute Gasteiger partial charge is 0.242 e. The van der Waals surface area contributed by atoms with E-state index in [2.05, 4.69) is 10.9 Å². The van der Waals surface area contributed by atoms with Gasteiger partial charge in [-0.1, -0.05) is 6.08 Å². The van der Waals surface area contributed by atoms with Gasteiger partial charge in [-0.3, -0.25) is 10.2 Å². The van der Waals surface area contributed by atoms with Crippen molar-refractivity contribution in [2.45, 2.75) is 6.42 Å². The molecular weight excluding hydrogens is 176 g/mol. The van der Waals surface area contributed by atoms with Crippen molar-refractivity contribution in [1.82, 2.24) is 10.9 Å². The van der Waals surface area contributed by atoms with E-state index in [4.69, 9.17) is 0 Å². The molecule has 1 amide bonds. The highest BCUT2D eigenvalue weighted by molar-refractivity contribution is 5.85. The third-order valence-electron chi connectivity index (χ3n) is 0.716. The highest BCUT2D eigenvalue weighted by atomic mass is 35.5. The van der Waals surface area contributed by atoms with Crippen molar-refractivity contribution in [3.63, 3.8) is 0 Å². The second-order valence-electron chi connectivity index (χ2n) is 1.30. The first-order chi connectivity index (χ1) is 3.39. The quantitative estimate of drug-likeness (QED) is 0.434. The summed E-state index contributed by atoms with van der Waals surface area (Å²) in [5.74, 6) is 0.0162. The Kier molecular flexibility index (Phi) is 24.3. The zero-order valence-corrected chi connectivity index (χ0v) is 6.49. The van der Waals surface area contributed by atoms with Crippen LogP contribution in [0.4, 0.5) is 0 Å². The van der Waals surface area contributed by atoms with Crippen LogP contribution in [0.15, 0.2) is 12.3 Å². The van der Waals surface area contributed by atoms with Gasteiger partial charge in [0.1, 0.15) is 0 Å². The van der Waals surface area contributed by atoms with E-state index in [0.717, 1.165) is 0 Å². The predicted octanol–water partition coefficient (Wildman–Crippen LogP) is -2.53. The summed E-state index contributed by atoms with van der Waals surface area (Å²) in [6.45, 7) is 0. The van der Waals surface area contributed by atoms with Gasteiger partial charge in [-0.05, 0) is 0 Å². The molecule has 0 spiro atoms. The second-order valence-corrected chi connectivity index (χ2v) is 1.30. The van der Waals surface area contributed by atoms with E-state index in [1.807, 2.05) is 0 Å². The molecule has 1 aliphatic heterocycles. The molecule has 0 saturated carbocycles. The summed E-state index contributed by atoms with van der Waals surface area (Å²) in [7, 11) is 0. The number of hydrogen-bond acceptors (Lipinski definition) is 2. The second kappa shape index (κ2) is 11.9. The summed E-state index contributed by atoms with van der Waals surface area (Å²) in [5.41, 5.74) is 4.96. The van der Waals surface area contributed by atoms with Crippen LogP contribution in [0, 0.1) is 0 Å². The van der Waals surface area contributed by atoms with E-state index in [9.17, 15) is 4.79 Å². The van der Waals surface area contributed by atoms with Crippen LogP contribution in [0.5, 0.6) is 0 Å². The molecule has 0 aromatic rings. The van der Waals surface area contributed by atoms with Crippen LogP contribution >= 0.6 is 12.4 Å². The molecule has 0 bridgehead atoms. The SMILES string of the molecule is Cl.O.O.O.O=C1CC=CNN1. The van der Waals surface area contributed by atoms with Gasteiger partial charge in [-0.15, -0.1) is 12.4 Å². The zero-order valence-electron chi connectivity index (χ0n) is 5.68. The molecule has 1 aliphatic rings. The molecule has 0 aromatic carbocycles. The van der Waals surface area contributed by atoms with Crippen LogP contribution in [0.25, 0.3) is 0 Å². The summed E-state index contributed by atoms with van der Waals surface area (Å²) in [5, 5.41) is 0. The average Bonchev–Trinajstić information content (AvgIpc) is 1.69. The maximum absolute atomic E-state index is 10.2. The Hall–Kier alpha value is -0.820. The number of rotatable bonds is 0. The highest BCUT2D eigenvalue weighted by Gasteiger charge is 1.96. The molecule has 0 radical (unpaired) electrons. The van der Waals surface area contributed by atoms with Gasteiger partial charge in [0.05, 0.1) is 0 Å². The Morgan fingerprint density at radius 1 is 1.27 bits per heavy atom. The van der Waals surface area contributed by atoms with Gasteiger partial charge >= 0.3 is 0 Å². The Balaban J connectivity index is -0.0000000612. The van der Waals surface area contributed by atoms with Crippen LogP contribution < -0.4 is 10.9 Å². The molecule has 8 N–H and O–H groups in total. The van der Waals surface area contributed by atoms with Crippen LogP contribution in [-0.2, 0) is 4.79 Å². The van der Waals surface area contributed by atoms with Gasteiger partial charge in [0, 0.05) is 12.6 Å². The topological polar surface area (TPSA) is 136 Å². The van der Waals surface area contributed by atoms with Crippen molar-refractivity contribution >= 4 is 18.3 Å². The molecule has 0 saturated heterocycles. The third-order valence-corrected chi connectivity index (χ3v) is 0.716. The van der Waals surface area contributed by atoms with Gasteiger partial charge in [-0.25, -0.2) is 0 Å². The molecule has 1 heterocycles. The molecule has 0 fully saturated rings. The molecule has 0 unspecified atom stereocenters. The summed E-state index contributed by atoms with van der Waals surface area (Å²) < 4.78 is 0. The fourth-order valence-electron chi connectivity index (χ4n) is 0.398. The number of amides is 1. The minimum absolute atomic E-state index is 0. The van der Waals surface area contributed by atoms with Crippen LogP contribution in [-0.4, -0.2) is 22.3 Å². The molecule has 0 aromatic heterocycles. The molecule has 1 rings (SSSR count). The van der Waals surface area contributed by atoms with Crippen LogP contribution in [0.3, 0.4) is 0 Å². The summed E-state index contributed by atoms with van der Waals surface area (Å²) in [4.78, 5) is 10.2. The van der Waals surface area contributed by atoms with Crippen LogP contribution in [0.1, 0.15) is 6.42 Å². The minimum atomic E-state index is 0. The number of hydrogen-bond donors (Lipinski definition) is 2. The van der Waals surface area contributed by atoms with Crippen molar-refractivity contribution < 1.29 is 21.2 Å². The first-order valence-corrected chi connectivity index (χ1v) is 2.09. The molecule has 0 atom stereocenters. The number of carbonyl (C=O) groups excluding carboxylic acids is 1. The van der Waals surface area contributed by atoms with Gasteiger partial charge in [0.25, 0.3) is 0 Å². The summed E-state index contributed by atoms with van der Waals surface area (Å²) >= 11 is 0. The van der Waals surface area contributed by atoms with E-state index < -0.39 is 0 Å². The van der Waals surface area contributed by atoms with Gasteiger partial charge in [0.15, 0.2) is 0 Å². The van der Waals surface area contributed by atoms with Crippen molar-refractivity contribution in [3.8, 4) is 0 Å². The third kappa shape index (κ3) is 9.18. The van der Waals surface area contributed by atoms with Crippen molar-refractivity contribution in [3.05, 3.63) is 12.3 Å². The Labute approximate surface area is 70.0 Å². The van der Waals surface area contributed by atoms with E-state index in [-0.39, 0.29) is 34.7 Å². The molecule has 6 nitrogen and oxygen atoms in total. The fraction of sp³-hybridized carbons (Fsp3) is 0.250. The Bertz CT molecular complexity index is 119. The van der Waals surface area contributed by atoms with E-state index in [1.165, 1.54) is 0 Å². The largest absolute Gasteiger partial charge is 0.412 e. The summed E-state index contributed by atoms with van der Waals surface area (Å²) in [6.07, 6.45) is 3.95. The van der Waals surface area contributed by atoms with E-state index in [1.54, 1.807) is 12.3 Å². The van der Waals surface area contributed by atoms with Gasteiger partial charge in [0.2, 0.25) is 5.91 Å². The maximum Gasteiger partial charge on any atom is 0.242 e. The lowest BCUT2D eigenvalue weighted by Gasteiger charge is -2.05. The van der Waals surface area contributed by atoms with Crippen molar-refractivity contribution in [1.29, 1.82) is 0 Å². The van der Waals surface area contributed by atoms with E-state index in [0.29, 0.717) is 6.42 Å². The van der Waals surface area contributed by atoms with Gasteiger partial charge in [-0.2, -0.15) is 0 Å². The molecule has 11 heavy (non-hydrogen) atoms. The number of carbonyl (C=O) groups is 1. The monoisotopic (exact) mass is 188 g/mol.